The molecule has 2 atom stereocenters. The quantitative estimate of drug-likeness (QED) is 0.835. The summed E-state index contributed by atoms with van der Waals surface area (Å²) in [6.45, 7) is 3.82. The summed E-state index contributed by atoms with van der Waals surface area (Å²) in [4.78, 5) is 23.1. The molecule has 3 heterocycles. The minimum Gasteiger partial charge on any atom is -0.338 e. The Kier molecular flexibility index (Phi) is 2.67. The van der Waals surface area contributed by atoms with E-state index < -0.39 is 0 Å². The molecule has 0 bridgehead atoms. The molecule has 102 valence electrons. The summed E-state index contributed by atoms with van der Waals surface area (Å²) >= 11 is 0. The number of nitrogens with one attached hydrogen (secondary N) is 1. The predicted molar refractivity (Wildman–Crippen MR) is 75.3 cm³/mol. The van der Waals surface area contributed by atoms with Gasteiger partial charge in [-0.1, -0.05) is 0 Å². The molecule has 0 saturated carbocycles. The van der Waals surface area contributed by atoms with Crippen LogP contribution in [-0.2, 0) is 0 Å². The molecule has 2 unspecified atom stereocenters. The summed E-state index contributed by atoms with van der Waals surface area (Å²) in [7, 11) is 0. The van der Waals surface area contributed by atoms with E-state index in [9.17, 15) is 4.79 Å². The highest BCUT2D eigenvalue weighted by Gasteiger charge is 2.38. The van der Waals surface area contributed by atoms with E-state index in [1.807, 2.05) is 23.1 Å². The summed E-state index contributed by atoms with van der Waals surface area (Å²) in [5, 5.41) is 3.39. The second-order valence-corrected chi connectivity index (χ2v) is 5.65. The lowest BCUT2D eigenvalue weighted by atomic mass is 10.0. The molecule has 5 nitrogen and oxygen atoms in total. The van der Waals surface area contributed by atoms with Crippen molar-refractivity contribution in [2.45, 2.75) is 0 Å². The minimum absolute atomic E-state index is 0.118. The smallest absolute Gasteiger partial charge is 0.253 e. The molecule has 1 aromatic heterocycles. The first-order valence-electron chi connectivity index (χ1n) is 7.02. The Balaban J connectivity index is 1.61. The van der Waals surface area contributed by atoms with Crippen molar-refractivity contribution in [2.24, 2.45) is 11.8 Å². The lowest BCUT2D eigenvalue weighted by Crippen LogP contribution is -2.31. The number of nitrogens with zero attached hydrogens (tertiary/aromatic N) is 3. The third-order valence-electron chi connectivity index (χ3n) is 4.39. The van der Waals surface area contributed by atoms with Gasteiger partial charge in [0, 0.05) is 44.1 Å². The molecule has 0 radical (unpaired) electrons. The molecule has 2 fully saturated rings. The number of likely N-dealkylation sites (tertiary alicyclic amines) is 1. The molecule has 1 N–H and O–H groups in total. The first-order valence-corrected chi connectivity index (χ1v) is 7.02. The van der Waals surface area contributed by atoms with Crippen LogP contribution >= 0.6 is 0 Å². The van der Waals surface area contributed by atoms with Crippen LogP contribution in [0.1, 0.15) is 10.4 Å². The number of carbonyl (C=O) groups is 1. The van der Waals surface area contributed by atoms with Crippen LogP contribution in [0.5, 0.6) is 0 Å². The van der Waals surface area contributed by atoms with Crippen molar-refractivity contribution in [3.63, 3.8) is 0 Å². The van der Waals surface area contributed by atoms with E-state index in [2.05, 4.69) is 15.3 Å². The number of hydrogen-bond acceptors (Lipinski definition) is 4. The number of aromatic nitrogens is 2. The van der Waals surface area contributed by atoms with Gasteiger partial charge in [0.25, 0.3) is 5.91 Å². The second-order valence-electron chi connectivity index (χ2n) is 5.65. The van der Waals surface area contributed by atoms with Gasteiger partial charge in [-0.25, -0.2) is 0 Å². The molecular formula is C15H16N4O. The van der Waals surface area contributed by atoms with Crippen LogP contribution in [0.25, 0.3) is 11.0 Å². The number of benzene rings is 1. The maximum Gasteiger partial charge on any atom is 0.253 e. The number of rotatable bonds is 1. The van der Waals surface area contributed by atoms with Crippen molar-refractivity contribution < 1.29 is 4.79 Å². The van der Waals surface area contributed by atoms with Crippen molar-refractivity contribution in [1.82, 2.24) is 20.2 Å². The van der Waals surface area contributed by atoms with Crippen LogP contribution in [0.2, 0.25) is 0 Å². The minimum atomic E-state index is 0.118. The van der Waals surface area contributed by atoms with Gasteiger partial charge < -0.3 is 10.2 Å². The Morgan fingerprint density at radius 3 is 2.55 bits per heavy atom. The van der Waals surface area contributed by atoms with E-state index in [1.54, 1.807) is 12.4 Å². The van der Waals surface area contributed by atoms with Gasteiger partial charge in [-0.05, 0) is 30.0 Å². The third kappa shape index (κ3) is 1.86. The average molecular weight is 268 g/mol. The van der Waals surface area contributed by atoms with Gasteiger partial charge in [-0.15, -0.1) is 0 Å². The summed E-state index contributed by atoms with van der Waals surface area (Å²) in [5.41, 5.74) is 2.32. The third-order valence-corrected chi connectivity index (χ3v) is 4.39. The van der Waals surface area contributed by atoms with E-state index in [0.29, 0.717) is 17.4 Å². The van der Waals surface area contributed by atoms with Gasteiger partial charge in [0.1, 0.15) is 0 Å². The standard InChI is InChI=1S/C15H16N4O/c20-15(19-8-11-6-16-7-12(11)9-19)10-1-2-13-14(5-10)18-4-3-17-13/h1-5,11-12,16H,6-9H2. The van der Waals surface area contributed by atoms with Crippen LogP contribution in [0.15, 0.2) is 30.6 Å². The van der Waals surface area contributed by atoms with Gasteiger partial charge in [0.15, 0.2) is 0 Å². The first kappa shape index (κ1) is 11.8. The fourth-order valence-electron chi connectivity index (χ4n) is 3.30. The lowest BCUT2D eigenvalue weighted by Gasteiger charge is -2.17. The Bertz CT molecular complexity index is 660. The SMILES string of the molecule is O=C(c1ccc2nccnc2c1)N1CC2CNCC2C1. The highest BCUT2D eigenvalue weighted by atomic mass is 16.2. The fourth-order valence-corrected chi connectivity index (χ4v) is 3.30. The largest absolute Gasteiger partial charge is 0.338 e. The van der Waals surface area contributed by atoms with E-state index in [0.717, 1.165) is 37.2 Å². The summed E-state index contributed by atoms with van der Waals surface area (Å²) in [6.07, 6.45) is 3.32. The molecule has 1 amide bonds. The van der Waals surface area contributed by atoms with E-state index in [4.69, 9.17) is 0 Å². The van der Waals surface area contributed by atoms with Gasteiger partial charge in [0.05, 0.1) is 11.0 Å². The number of fused-ring (bicyclic) bond motifs is 2. The Morgan fingerprint density at radius 1 is 1.10 bits per heavy atom. The van der Waals surface area contributed by atoms with Crippen molar-refractivity contribution in [3.8, 4) is 0 Å². The van der Waals surface area contributed by atoms with Crippen LogP contribution < -0.4 is 5.32 Å². The number of amides is 1. The predicted octanol–water partition coefficient (Wildman–Crippen LogP) is 0.921. The number of hydrogen-bond donors (Lipinski definition) is 1. The zero-order valence-corrected chi connectivity index (χ0v) is 11.1. The lowest BCUT2D eigenvalue weighted by molar-refractivity contribution is 0.0782. The van der Waals surface area contributed by atoms with Crippen LogP contribution in [0.4, 0.5) is 0 Å². The summed E-state index contributed by atoms with van der Waals surface area (Å²) < 4.78 is 0. The Morgan fingerprint density at radius 2 is 1.80 bits per heavy atom. The van der Waals surface area contributed by atoms with E-state index >= 15 is 0 Å². The average Bonchev–Trinajstić information content (AvgIpc) is 3.07. The van der Waals surface area contributed by atoms with Gasteiger partial charge in [-0.3, -0.25) is 14.8 Å². The molecule has 0 aliphatic carbocycles. The molecule has 0 spiro atoms. The van der Waals surface area contributed by atoms with Crippen LogP contribution in [0.3, 0.4) is 0 Å². The second kappa shape index (κ2) is 4.52. The fraction of sp³-hybridized carbons (Fsp3) is 0.400. The molecule has 2 saturated heterocycles. The Labute approximate surface area is 117 Å². The maximum atomic E-state index is 12.6. The molecule has 1 aromatic carbocycles. The van der Waals surface area contributed by atoms with Crippen molar-refractivity contribution >= 4 is 16.9 Å². The molecular weight excluding hydrogens is 252 g/mol. The molecule has 2 aromatic rings. The summed E-state index contributed by atoms with van der Waals surface area (Å²) in [5.74, 6) is 1.37. The summed E-state index contributed by atoms with van der Waals surface area (Å²) in [6, 6.07) is 5.57. The highest BCUT2D eigenvalue weighted by molar-refractivity contribution is 5.97. The normalized spacial score (nSPS) is 25.1. The highest BCUT2D eigenvalue weighted by Crippen LogP contribution is 2.27. The van der Waals surface area contributed by atoms with Gasteiger partial charge in [0.2, 0.25) is 0 Å². The van der Waals surface area contributed by atoms with E-state index in [1.165, 1.54) is 0 Å². The Hall–Kier alpha value is -2.01. The number of carbonyl (C=O) groups excluding carboxylic acids is 1. The van der Waals surface area contributed by atoms with Gasteiger partial charge in [-0.2, -0.15) is 0 Å². The van der Waals surface area contributed by atoms with Crippen molar-refractivity contribution in [2.75, 3.05) is 26.2 Å². The van der Waals surface area contributed by atoms with Gasteiger partial charge >= 0.3 is 0 Å². The molecule has 2 aliphatic heterocycles. The monoisotopic (exact) mass is 268 g/mol. The molecule has 5 heteroatoms. The molecule has 4 rings (SSSR count). The maximum absolute atomic E-state index is 12.6. The molecule has 2 aliphatic rings. The zero-order chi connectivity index (χ0) is 13.5. The van der Waals surface area contributed by atoms with E-state index in [-0.39, 0.29) is 5.91 Å². The topological polar surface area (TPSA) is 58.1 Å². The molecule has 20 heavy (non-hydrogen) atoms. The van der Waals surface area contributed by atoms with Crippen LogP contribution in [0, 0.1) is 11.8 Å². The first-order chi connectivity index (χ1) is 9.81. The van der Waals surface area contributed by atoms with Crippen molar-refractivity contribution in [1.29, 1.82) is 0 Å². The zero-order valence-electron chi connectivity index (χ0n) is 11.1. The van der Waals surface area contributed by atoms with Crippen molar-refractivity contribution in [3.05, 3.63) is 36.2 Å². The van der Waals surface area contributed by atoms with Crippen LogP contribution in [-0.4, -0.2) is 47.0 Å².